The van der Waals surface area contributed by atoms with Crippen LogP contribution in [0.3, 0.4) is 0 Å². The highest BCUT2D eigenvalue weighted by Crippen LogP contribution is 2.39. The fourth-order valence-corrected chi connectivity index (χ4v) is 4.52. The molecule has 0 spiro atoms. The van der Waals surface area contributed by atoms with Crippen LogP contribution in [-0.4, -0.2) is 16.1 Å². The first-order valence-electron chi connectivity index (χ1n) is 8.63. The first-order chi connectivity index (χ1) is 12.3. The van der Waals surface area contributed by atoms with Crippen LogP contribution in [0.2, 0.25) is 0 Å². The third-order valence-electron chi connectivity index (χ3n) is 4.30. The van der Waals surface area contributed by atoms with E-state index in [1.54, 1.807) is 0 Å². The molecule has 0 radical (unpaired) electrons. The number of thioether (sulfide) groups is 1. The summed E-state index contributed by atoms with van der Waals surface area (Å²) in [5, 5.41) is 0.354. The van der Waals surface area contributed by atoms with Crippen LogP contribution in [0.5, 0.6) is 0 Å². The molecule has 0 unspecified atom stereocenters. The highest BCUT2D eigenvalue weighted by Gasteiger charge is 2.23. The summed E-state index contributed by atoms with van der Waals surface area (Å²) in [7, 11) is 0. The van der Waals surface area contributed by atoms with Gasteiger partial charge in [0.25, 0.3) is 0 Å². The second-order valence-electron chi connectivity index (χ2n) is 6.09. The van der Waals surface area contributed by atoms with Crippen LogP contribution < -0.4 is 0 Å². The Bertz CT molecular complexity index is 730. The number of halogens is 1. The summed E-state index contributed by atoms with van der Waals surface area (Å²) in [6.45, 7) is 0.638. The lowest BCUT2D eigenvalue weighted by atomic mass is 10.0. The molecule has 3 rings (SSSR count). The Morgan fingerprint density at radius 1 is 0.960 bits per heavy atom. The topological polar surface area (TPSA) is 20.3 Å². The van der Waals surface area contributed by atoms with E-state index < -0.39 is 0 Å². The van der Waals surface area contributed by atoms with Gasteiger partial charge in [-0.25, -0.2) is 0 Å². The number of benzene rings is 2. The van der Waals surface area contributed by atoms with Gasteiger partial charge in [0, 0.05) is 15.5 Å². The van der Waals surface area contributed by atoms with Crippen LogP contribution in [0.25, 0.3) is 0 Å². The molecule has 0 heterocycles. The maximum Gasteiger partial charge on any atom is 0.237 e. The second-order valence-corrected chi connectivity index (χ2v) is 7.82. The minimum absolute atomic E-state index is 0.131. The predicted molar refractivity (Wildman–Crippen MR) is 109 cm³/mol. The van der Waals surface area contributed by atoms with Crippen LogP contribution >= 0.6 is 27.7 Å². The Morgan fingerprint density at radius 3 is 2.28 bits per heavy atom. The predicted octanol–water partition coefficient (Wildman–Crippen LogP) is 5.99. The van der Waals surface area contributed by atoms with Crippen LogP contribution in [0.1, 0.15) is 31.2 Å². The molecule has 4 heteroatoms. The molecule has 25 heavy (non-hydrogen) atoms. The summed E-state index contributed by atoms with van der Waals surface area (Å²) in [5.41, 5.74) is 2.37. The van der Waals surface area contributed by atoms with Crippen LogP contribution in [0.4, 0.5) is 0 Å². The van der Waals surface area contributed by atoms with Gasteiger partial charge in [0.1, 0.15) is 0 Å². The van der Waals surface area contributed by atoms with Gasteiger partial charge in [0.05, 0.1) is 11.9 Å². The molecule has 0 bridgehead atoms. The van der Waals surface area contributed by atoms with Crippen LogP contribution in [-0.2, 0) is 11.3 Å². The van der Waals surface area contributed by atoms with Gasteiger partial charge in [-0.1, -0.05) is 76.2 Å². The number of hydrogen-bond donors (Lipinski definition) is 0. The average Bonchev–Trinajstić information content (AvgIpc) is 2.68. The molecule has 2 nitrogen and oxygen atoms in total. The maximum absolute atomic E-state index is 12.6. The number of alkyl halides is 1. The van der Waals surface area contributed by atoms with E-state index in [1.165, 1.54) is 27.5 Å². The molecular weight excluding hydrogens is 394 g/mol. The largest absolute Gasteiger partial charge is 0.310 e. The molecule has 1 amide bonds. The minimum atomic E-state index is 0.131. The molecule has 2 aromatic carbocycles. The Balaban J connectivity index is 1.91. The third kappa shape index (κ3) is 4.99. The lowest BCUT2D eigenvalue weighted by Gasteiger charge is -2.30. The number of rotatable bonds is 6. The molecule has 1 aliphatic carbocycles. The van der Waals surface area contributed by atoms with Gasteiger partial charge in [0.2, 0.25) is 5.91 Å². The summed E-state index contributed by atoms with van der Waals surface area (Å²) >= 11 is 5.17. The van der Waals surface area contributed by atoms with Crippen molar-refractivity contribution >= 4 is 33.6 Å². The van der Waals surface area contributed by atoms with E-state index in [-0.39, 0.29) is 5.91 Å². The number of carbonyl (C=O) groups excluding carboxylic acids is 1. The average molecular weight is 416 g/mol. The summed E-state index contributed by atoms with van der Waals surface area (Å²) in [6.07, 6.45) is 4.37. The molecule has 0 saturated heterocycles. The van der Waals surface area contributed by atoms with E-state index in [4.69, 9.17) is 0 Å². The summed E-state index contributed by atoms with van der Waals surface area (Å²) in [6, 6.07) is 20.7. The van der Waals surface area contributed by atoms with Crippen molar-refractivity contribution in [2.24, 2.45) is 0 Å². The van der Waals surface area contributed by atoms with Crippen LogP contribution in [0.15, 0.2) is 76.2 Å². The van der Waals surface area contributed by atoms with Gasteiger partial charge in [0.15, 0.2) is 0 Å². The third-order valence-corrected chi connectivity index (χ3v) is 5.97. The summed E-state index contributed by atoms with van der Waals surface area (Å²) in [5.74, 6) is 0.131. The minimum Gasteiger partial charge on any atom is -0.310 e. The smallest absolute Gasteiger partial charge is 0.237 e. The molecule has 0 atom stereocenters. The van der Waals surface area contributed by atoms with Gasteiger partial charge < -0.3 is 4.90 Å². The Kier molecular flexibility index (Phi) is 6.76. The lowest BCUT2D eigenvalue weighted by molar-refractivity contribution is -0.127. The van der Waals surface area contributed by atoms with Crippen molar-refractivity contribution in [1.82, 2.24) is 4.90 Å². The first-order valence-corrected chi connectivity index (χ1v) is 10.6. The lowest BCUT2D eigenvalue weighted by Crippen LogP contribution is -2.32. The van der Waals surface area contributed by atoms with E-state index in [0.29, 0.717) is 11.9 Å². The molecule has 2 aromatic rings. The highest BCUT2D eigenvalue weighted by atomic mass is 79.9. The van der Waals surface area contributed by atoms with E-state index in [1.807, 2.05) is 40.9 Å². The van der Waals surface area contributed by atoms with E-state index in [9.17, 15) is 4.79 Å². The summed E-state index contributed by atoms with van der Waals surface area (Å²) in [4.78, 5) is 17.2. The second kappa shape index (κ2) is 9.25. The van der Waals surface area contributed by atoms with Crippen molar-refractivity contribution in [1.29, 1.82) is 0 Å². The monoisotopic (exact) mass is 415 g/mol. The van der Waals surface area contributed by atoms with Crippen LogP contribution in [0, 0.1) is 0 Å². The molecule has 1 aliphatic rings. The van der Waals surface area contributed by atoms with Crippen molar-refractivity contribution in [2.45, 2.75) is 37.1 Å². The van der Waals surface area contributed by atoms with Crippen molar-refractivity contribution in [3.05, 3.63) is 76.8 Å². The molecule has 0 fully saturated rings. The van der Waals surface area contributed by atoms with Gasteiger partial charge in [-0.3, -0.25) is 4.79 Å². The van der Waals surface area contributed by atoms with Crippen molar-refractivity contribution in [3.63, 3.8) is 0 Å². The van der Waals surface area contributed by atoms with E-state index >= 15 is 0 Å². The van der Waals surface area contributed by atoms with Crippen molar-refractivity contribution in [3.8, 4) is 0 Å². The number of hydrogen-bond acceptors (Lipinski definition) is 2. The molecular formula is C21H22BrNOS. The van der Waals surface area contributed by atoms with Crippen molar-refractivity contribution in [2.75, 3.05) is 5.33 Å². The quantitative estimate of drug-likeness (QED) is 0.540. The summed E-state index contributed by atoms with van der Waals surface area (Å²) < 4.78 is 0. The fraction of sp³-hybridized carbons (Fsp3) is 0.286. The number of allylic oxidation sites excluding steroid dienone is 2. The highest BCUT2D eigenvalue weighted by molar-refractivity contribution is 9.09. The van der Waals surface area contributed by atoms with Gasteiger partial charge >= 0.3 is 0 Å². The SMILES string of the molecule is O=C(CBr)N(Cc1ccccc1)C1=C(Sc2ccccc2)CCCC1. The number of amides is 1. The van der Waals surface area contributed by atoms with E-state index in [2.05, 4.69) is 52.3 Å². The molecule has 0 saturated carbocycles. The van der Waals surface area contributed by atoms with Crippen molar-refractivity contribution < 1.29 is 4.79 Å². The first kappa shape index (κ1) is 18.3. The van der Waals surface area contributed by atoms with Gasteiger partial charge in [-0.15, -0.1) is 0 Å². The molecule has 0 aliphatic heterocycles. The zero-order valence-corrected chi connectivity index (χ0v) is 16.6. The standard InChI is InChI=1S/C21H22BrNOS/c22-15-21(24)23(16-17-9-3-1-4-10-17)19-13-7-8-14-20(19)25-18-11-5-2-6-12-18/h1-6,9-12H,7-8,13-16H2. The Labute approximate surface area is 162 Å². The number of nitrogens with zero attached hydrogens (tertiary/aromatic N) is 1. The van der Waals surface area contributed by atoms with Gasteiger partial charge in [-0.05, 0) is 43.4 Å². The zero-order valence-electron chi connectivity index (χ0n) is 14.2. The molecule has 0 N–H and O–H groups in total. The number of carbonyl (C=O) groups is 1. The van der Waals surface area contributed by atoms with E-state index in [0.717, 1.165) is 19.3 Å². The molecule has 130 valence electrons. The maximum atomic E-state index is 12.6. The molecule has 0 aromatic heterocycles. The zero-order chi connectivity index (χ0) is 17.5. The normalized spacial score (nSPS) is 14.4. The van der Waals surface area contributed by atoms with Gasteiger partial charge in [-0.2, -0.15) is 0 Å². The Hall–Kier alpha value is -1.52. The fourth-order valence-electron chi connectivity index (χ4n) is 3.06. The Morgan fingerprint density at radius 2 is 1.60 bits per heavy atom.